The van der Waals surface area contributed by atoms with Gasteiger partial charge in [0.2, 0.25) is 0 Å². The number of fused-ring (bicyclic) bond motifs is 2. The second-order valence-electron chi connectivity index (χ2n) is 14.3. The van der Waals surface area contributed by atoms with E-state index in [2.05, 4.69) is 33.9 Å². The number of rotatable bonds is 7. The molecule has 0 unspecified atom stereocenters. The average molecular weight is 595 g/mol. The fourth-order valence-corrected chi connectivity index (χ4v) is 7.21. The van der Waals surface area contributed by atoms with Crippen molar-refractivity contribution in [2.75, 3.05) is 0 Å². The van der Waals surface area contributed by atoms with Crippen LogP contribution in [0.5, 0.6) is 0 Å². The van der Waals surface area contributed by atoms with Gasteiger partial charge in [-0.3, -0.25) is 0 Å². The van der Waals surface area contributed by atoms with Gasteiger partial charge in [-0.05, 0) is 65.2 Å². The van der Waals surface area contributed by atoms with E-state index >= 15 is 0 Å². The van der Waals surface area contributed by atoms with Crippen LogP contribution in [0.25, 0.3) is 0 Å². The van der Waals surface area contributed by atoms with E-state index in [-0.39, 0.29) is 29.5 Å². The second-order valence-corrected chi connectivity index (χ2v) is 19.0. The Balaban J connectivity index is 1.33. The maximum atomic E-state index is 6.86. The maximum absolute atomic E-state index is 6.86. The summed E-state index contributed by atoms with van der Waals surface area (Å²) < 4.78 is 58.3. The van der Waals surface area contributed by atoms with E-state index in [0.29, 0.717) is 6.61 Å². The molecule has 0 spiro atoms. The zero-order chi connectivity index (χ0) is 30.0. The number of benzene rings is 1. The van der Waals surface area contributed by atoms with Crippen LogP contribution in [0, 0.1) is 0 Å². The van der Waals surface area contributed by atoms with Gasteiger partial charge in [-0.1, -0.05) is 51.1 Å². The highest BCUT2D eigenvalue weighted by Crippen LogP contribution is 2.45. The molecule has 1 aromatic carbocycles. The summed E-state index contributed by atoms with van der Waals surface area (Å²) in [4.78, 5) is 0. The molecular weight excluding hydrogens is 544 g/mol. The van der Waals surface area contributed by atoms with E-state index in [1.54, 1.807) is 0 Å². The first kappa shape index (κ1) is 31.5. The van der Waals surface area contributed by atoms with Gasteiger partial charge in [0.25, 0.3) is 0 Å². The summed E-state index contributed by atoms with van der Waals surface area (Å²) in [6, 6.07) is 10.0. The van der Waals surface area contributed by atoms with Crippen molar-refractivity contribution in [3.63, 3.8) is 0 Å². The zero-order valence-electron chi connectivity index (χ0n) is 26.5. The summed E-state index contributed by atoms with van der Waals surface area (Å²) in [5.41, 5.74) is 1.06. The fourth-order valence-electron chi connectivity index (χ4n) is 5.85. The lowest BCUT2D eigenvalue weighted by Gasteiger charge is -2.48. The maximum Gasteiger partial charge on any atom is 0.192 e. The summed E-state index contributed by atoms with van der Waals surface area (Å²) in [5.74, 6) is -1.62. The molecule has 41 heavy (non-hydrogen) atoms. The van der Waals surface area contributed by atoms with Crippen LogP contribution < -0.4 is 0 Å². The van der Waals surface area contributed by atoms with E-state index in [0.717, 1.165) is 5.56 Å². The van der Waals surface area contributed by atoms with Gasteiger partial charge in [0.1, 0.15) is 36.6 Å². The van der Waals surface area contributed by atoms with E-state index in [4.69, 9.17) is 42.3 Å². The van der Waals surface area contributed by atoms with E-state index < -0.39 is 56.9 Å². The monoisotopic (exact) mass is 594 g/mol. The van der Waals surface area contributed by atoms with Crippen LogP contribution in [0.3, 0.4) is 0 Å². The van der Waals surface area contributed by atoms with Gasteiger partial charge in [-0.15, -0.1) is 0 Å². The molecule has 4 aliphatic rings. The van der Waals surface area contributed by atoms with Crippen LogP contribution in [0.15, 0.2) is 30.3 Å². The molecular formula is C31H50O9Si. The predicted molar refractivity (Wildman–Crippen MR) is 154 cm³/mol. The van der Waals surface area contributed by atoms with Gasteiger partial charge in [0.05, 0.1) is 18.8 Å². The van der Waals surface area contributed by atoms with Crippen LogP contribution in [0.1, 0.15) is 67.9 Å². The topological polar surface area (TPSA) is 83.1 Å². The molecule has 4 fully saturated rings. The summed E-state index contributed by atoms with van der Waals surface area (Å²) in [6.07, 6.45) is -4.44. The molecule has 9 nitrogen and oxygen atoms in total. The summed E-state index contributed by atoms with van der Waals surface area (Å²) in [6.45, 7) is 23.2. The average Bonchev–Trinajstić information content (AvgIpc) is 3.36. The van der Waals surface area contributed by atoms with Gasteiger partial charge in [-0.25, -0.2) is 0 Å². The first-order chi connectivity index (χ1) is 19.0. The molecule has 4 aliphatic heterocycles. The Bertz CT molecular complexity index is 1040. The van der Waals surface area contributed by atoms with Crippen molar-refractivity contribution in [2.45, 2.75) is 160 Å². The van der Waals surface area contributed by atoms with Crippen molar-refractivity contribution >= 4 is 8.32 Å². The SMILES string of the molecule is C[C@@H]1O[C@@H](OCc2ccccc2)[C@@H]2OC(C)(C)O[C@@H]2[C@H]1O[C@@H]1O[C@@H](C)[C@H](O[Si](C)(C)C(C)(C)C)[C@H]2OC(C)(C)O[C@@H]12. The summed E-state index contributed by atoms with van der Waals surface area (Å²) >= 11 is 0. The Morgan fingerprint density at radius 2 is 1.22 bits per heavy atom. The lowest BCUT2D eigenvalue weighted by Crippen LogP contribution is -2.63. The zero-order valence-corrected chi connectivity index (χ0v) is 27.5. The van der Waals surface area contributed by atoms with Crippen molar-refractivity contribution < 1.29 is 42.3 Å². The predicted octanol–water partition coefficient (Wildman–Crippen LogP) is 5.51. The third kappa shape index (κ3) is 6.62. The first-order valence-electron chi connectivity index (χ1n) is 15.0. The van der Waals surface area contributed by atoms with Crippen LogP contribution in [-0.4, -0.2) is 81.3 Å². The molecule has 5 rings (SSSR count). The molecule has 10 heteroatoms. The van der Waals surface area contributed by atoms with Gasteiger partial charge in [0.15, 0.2) is 32.5 Å². The molecule has 0 N–H and O–H groups in total. The van der Waals surface area contributed by atoms with Gasteiger partial charge < -0.3 is 42.3 Å². The minimum Gasteiger partial charge on any atom is -0.409 e. The molecule has 0 radical (unpaired) electrons. The summed E-state index contributed by atoms with van der Waals surface area (Å²) in [5, 5.41) is 0.0418. The molecule has 0 bridgehead atoms. The highest BCUT2D eigenvalue weighted by Gasteiger charge is 2.60. The van der Waals surface area contributed by atoms with Crippen LogP contribution in [0.2, 0.25) is 18.1 Å². The standard InChI is InChI=1S/C31H50O9Si/c1-18-21(23-25(38-30(6,7)36-23)27(33-18)32-17-20-15-13-12-14-16-20)35-28-26-24(37-31(8,9)39-26)22(19(2)34-28)40-41(10,11)29(3,4)5/h12-16,18-19,21-28H,17H2,1-11H3/t18-,19-,21-,22-,23+,24+,25+,26+,27+,28-/m0/s1. The van der Waals surface area contributed by atoms with Crippen molar-refractivity contribution in [3.8, 4) is 0 Å². The third-order valence-corrected chi connectivity index (χ3v) is 13.4. The molecule has 0 aromatic heterocycles. The molecule has 0 amide bonds. The number of hydrogen-bond donors (Lipinski definition) is 0. The summed E-state index contributed by atoms with van der Waals surface area (Å²) in [7, 11) is -2.12. The Morgan fingerprint density at radius 1 is 0.732 bits per heavy atom. The van der Waals surface area contributed by atoms with E-state index in [9.17, 15) is 0 Å². The molecule has 0 saturated carbocycles. The van der Waals surface area contributed by atoms with Crippen molar-refractivity contribution in [1.82, 2.24) is 0 Å². The molecule has 4 heterocycles. The number of ether oxygens (including phenoxy) is 8. The largest absolute Gasteiger partial charge is 0.409 e. The van der Waals surface area contributed by atoms with Crippen molar-refractivity contribution in [3.05, 3.63) is 35.9 Å². The van der Waals surface area contributed by atoms with Crippen LogP contribution >= 0.6 is 0 Å². The highest BCUT2D eigenvalue weighted by atomic mass is 28.4. The van der Waals surface area contributed by atoms with Gasteiger partial charge in [-0.2, -0.15) is 0 Å². The Morgan fingerprint density at radius 3 is 1.80 bits per heavy atom. The van der Waals surface area contributed by atoms with E-state index in [1.807, 2.05) is 71.9 Å². The molecule has 10 atom stereocenters. The quantitative estimate of drug-likeness (QED) is 0.380. The van der Waals surface area contributed by atoms with Crippen LogP contribution in [-0.2, 0) is 48.9 Å². The first-order valence-corrected chi connectivity index (χ1v) is 17.9. The Labute approximate surface area is 246 Å². The van der Waals surface area contributed by atoms with Crippen molar-refractivity contribution in [2.24, 2.45) is 0 Å². The highest BCUT2D eigenvalue weighted by molar-refractivity contribution is 6.74. The number of hydrogen-bond acceptors (Lipinski definition) is 9. The lowest BCUT2D eigenvalue weighted by atomic mass is 9.97. The van der Waals surface area contributed by atoms with Crippen LogP contribution in [0.4, 0.5) is 0 Å². The lowest BCUT2D eigenvalue weighted by molar-refractivity contribution is -0.333. The molecule has 232 valence electrons. The second kappa shape index (κ2) is 11.2. The Hall–Kier alpha value is -0.923. The van der Waals surface area contributed by atoms with Gasteiger partial charge >= 0.3 is 0 Å². The smallest absolute Gasteiger partial charge is 0.192 e. The molecule has 4 saturated heterocycles. The minimum absolute atomic E-state index is 0.0418. The third-order valence-electron chi connectivity index (χ3n) is 8.92. The Kier molecular flexibility index (Phi) is 8.62. The molecule has 0 aliphatic carbocycles. The van der Waals surface area contributed by atoms with Gasteiger partial charge in [0, 0.05) is 0 Å². The minimum atomic E-state index is -2.12. The molecule has 1 aromatic rings. The normalized spacial score (nSPS) is 40.3. The van der Waals surface area contributed by atoms with E-state index in [1.165, 1.54) is 0 Å². The van der Waals surface area contributed by atoms with Crippen molar-refractivity contribution in [1.29, 1.82) is 0 Å². The fraction of sp³-hybridized carbons (Fsp3) is 0.806.